The number of carbonyl (C=O) groups excluding carboxylic acids is 1. The van der Waals surface area contributed by atoms with Crippen LogP contribution in [0.25, 0.3) is 0 Å². The zero-order valence-corrected chi connectivity index (χ0v) is 22.5. The second-order valence-electron chi connectivity index (χ2n) is 9.69. The van der Waals surface area contributed by atoms with Crippen molar-refractivity contribution < 1.29 is 33.4 Å². The molecular formula is C24H44N2O7S. The minimum Gasteiger partial charge on any atom is -0.381 e. The monoisotopic (exact) mass is 504 g/mol. The van der Waals surface area contributed by atoms with Gasteiger partial charge in [-0.15, -0.1) is 0 Å². The van der Waals surface area contributed by atoms with Crippen molar-refractivity contribution in [1.82, 2.24) is 5.16 Å². The quantitative estimate of drug-likeness (QED) is 0.551. The van der Waals surface area contributed by atoms with Gasteiger partial charge in [0.25, 0.3) is 0 Å². The maximum atomic E-state index is 13.1. The number of carbonyl (C=O) groups is 1. The van der Waals surface area contributed by atoms with Gasteiger partial charge in [-0.25, -0.2) is 8.42 Å². The number of ether oxygens (including phenoxy) is 3. The first-order chi connectivity index (χ1) is 16.0. The number of anilines is 1. The van der Waals surface area contributed by atoms with Crippen LogP contribution >= 0.6 is 0 Å². The first-order valence-electron chi connectivity index (χ1n) is 12.3. The molecule has 1 N–H and O–H groups in total. The van der Waals surface area contributed by atoms with Crippen LogP contribution in [0.5, 0.6) is 0 Å². The number of amides is 1. The summed E-state index contributed by atoms with van der Waals surface area (Å²) < 4.78 is 46.9. The lowest BCUT2D eigenvalue weighted by Gasteiger charge is -2.34. The van der Waals surface area contributed by atoms with E-state index in [1.807, 2.05) is 34.6 Å². The van der Waals surface area contributed by atoms with Crippen molar-refractivity contribution in [2.24, 2.45) is 0 Å². The summed E-state index contributed by atoms with van der Waals surface area (Å²) in [4.78, 5) is 12.9. The fourth-order valence-electron chi connectivity index (χ4n) is 3.86. The van der Waals surface area contributed by atoms with Crippen molar-refractivity contribution in [2.75, 3.05) is 25.1 Å². The molecule has 2 saturated heterocycles. The van der Waals surface area contributed by atoms with Crippen LogP contribution in [-0.4, -0.2) is 61.7 Å². The van der Waals surface area contributed by atoms with Crippen LogP contribution in [0.2, 0.25) is 0 Å². The van der Waals surface area contributed by atoms with Crippen LogP contribution in [0.15, 0.2) is 10.6 Å². The van der Waals surface area contributed by atoms with Crippen molar-refractivity contribution in [3.8, 4) is 0 Å². The van der Waals surface area contributed by atoms with E-state index in [0.717, 1.165) is 19.3 Å². The number of aromatic nitrogens is 1. The number of nitrogens with zero attached hydrogens (tertiary/aromatic N) is 1. The van der Waals surface area contributed by atoms with E-state index in [2.05, 4.69) is 10.5 Å². The van der Waals surface area contributed by atoms with Gasteiger partial charge in [-0.3, -0.25) is 10.1 Å². The minimum atomic E-state index is -3.72. The average molecular weight is 505 g/mol. The Bertz CT molecular complexity index is 889. The van der Waals surface area contributed by atoms with Gasteiger partial charge >= 0.3 is 0 Å². The Balaban J connectivity index is 0.00000199. The van der Waals surface area contributed by atoms with Crippen LogP contribution in [0, 0.1) is 0 Å². The first-order valence-corrected chi connectivity index (χ1v) is 13.9. The molecule has 3 rings (SSSR count). The first kappa shape index (κ1) is 28.7. The van der Waals surface area contributed by atoms with Gasteiger partial charge in [0.05, 0.1) is 17.0 Å². The van der Waals surface area contributed by atoms with Gasteiger partial charge in [-0.2, -0.15) is 0 Å². The Morgan fingerprint density at radius 1 is 1.15 bits per heavy atom. The third-order valence-corrected chi connectivity index (χ3v) is 9.74. The van der Waals surface area contributed by atoms with Crippen molar-refractivity contribution in [2.45, 2.75) is 108 Å². The van der Waals surface area contributed by atoms with Gasteiger partial charge < -0.3 is 18.7 Å². The smallest absolute Gasteiger partial charge is 0.247 e. The molecule has 0 radical (unpaired) electrons. The topological polar surface area (TPSA) is 117 Å². The van der Waals surface area contributed by atoms with Crippen molar-refractivity contribution in [3.05, 3.63) is 11.8 Å². The Kier molecular flexibility index (Phi) is 10.1. The molecule has 3 heterocycles. The molecule has 1 amide bonds. The normalized spacial score (nSPS) is 21.3. The van der Waals surface area contributed by atoms with Gasteiger partial charge in [-0.05, 0) is 52.9 Å². The molecule has 0 spiro atoms. The number of sulfone groups is 1. The maximum absolute atomic E-state index is 13.1. The molecule has 0 saturated carbocycles. The summed E-state index contributed by atoms with van der Waals surface area (Å²) in [6, 6.07) is 1.62. The summed E-state index contributed by atoms with van der Waals surface area (Å²) in [5.41, 5.74) is 0.0814. The molecule has 2 aliphatic heterocycles. The average Bonchev–Trinajstić information content (AvgIpc) is 3.31. The van der Waals surface area contributed by atoms with E-state index < -0.39 is 31.2 Å². The summed E-state index contributed by atoms with van der Waals surface area (Å²) in [7, 11) is -3.72. The SMILES string of the molecule is CC.C[C@H](OC1CCCCO1)C(C)(C)c1cc(NC(=O)C(C)(C)S(=O)(=O)C2CCOCC2)on1.[HH]. The van der Waals surface area contributed by atoms with Crippen molar-refractivity contribution in [1.29, 1.82) is 0 Å². The van der Waals surface area contributed by atoms with E-state index in [0.29, 0.717) is 38.4 Å². The molecule has 0 aliphatic carbocycles. The van der Waals surface area contributed by atoms with Crippen LogP contribution in [0.4, 0.5) is 5.88 Å². The summed E-state index contributed by atoms with van der Waals surface area (Å²) in [5, 5.41) is 6.11. The van der Waals surface area contributed by atoms with Crippen LogP contribution in [0.3, 0.4) is 0 Å². The molecule has 9 nitrogen and oxygen atoms in total. The van der Waals surface area contributed by atoms with E-state index in [4.69, 9.17) is 18.7 Å². The number of rotatable bonds is 8. The second-order valence-corrected chi connectivity index (χ2v) is 12.5. The lowest BCUT2D eigenvalue weighted by Crippen LogP contribution is -2.50. The molecule has 0 aromatic carbocycles. The zero-order valence-electron chi connectivity index (χ0n) is 21.7. The molecule has 1 unspecified atom stereocenters. The lowest BCUT2D eigenvalue weighted by atomic mass is 9.84. The number of hydrogen-bond donors (Lipinski definition) is 1. The Labute approximate surface area is 205 Å². The predicted molar refractivity (Wildman–Crippen MR) is 133 cm³/mol. The Morgan fingerprint density at radius 2 is 1.79 bits per heavy atom. The number of hydrogen-bond acceptors (Lipinski definition) is 8. The lowest BCUT2D eigenvalue weighted by molar-refractivity contribution is -0.196. The summed E-state index contributed by atoms with van der Waals surface area (Å²) in [6.07, 6.45) is 3.31. The fraction of sp³-hybridized carbons (Fsp3) is 0.833. The fourth-order valence-corrected chi connectivity index (χ4v) is 5.81. The van der Waals surface area contributed by atoms with Crippen LogP contribution in [0.1, 0.15) is 87.7 Å². The molecule has 2 aliphatic rings. The summed E-state index contributed by atoms with van der Waals surface area (Å²) >= 11 is 0. The van der Waals surface area contributed by atoms with Crippen molar-refractivity contribution >= 4 is 21.6 Å². The zero-order chi connectivity index (χ0) is 25.6. The molecule has 10 heteroatoms. The minimum absolute atomic E-state index is 0. The molecule has 198 valence electrons. The molecule has 1 aromatic rings. The van der Waals surface area contributed by atoms with E-state index in [-0.39, 0.29) is 19.7 Å². The van der Waals surface area contributed by atoms with Gasteiger partial charge in [0.2, 0.25) is 11.8 Å². The molecular weight excluding hydrogens is 460 g/mol. The highest BCUT2D eigenvalue weighted by atomic mass is 32.2. The highest BCUT2D eigenvalue weighted by Crippen LogP contribution is 2.33. The van der Waals surface area contributed by atoms with Crippen LogP contribution < -0.4 is 5.32 Å². The Hall–Kier alpha value is -1.49. The van der Waals surface area contributed by atoms with Crippen LogP contribution in [-0.2, 0) is 34.3 Å². The standard InChI is InChI=1S/C22H36N2O7S.C2H6.H2/c1-15(30-19-8-6-7-11-29-19)21(2,3)17-14-18(31-24-17)23-20(25)22(4,5)32(26,27)16-9-12-28-13-10-16;1-2;/h14-16,19H,6-13H2,1-5H3,(H,23,25);1-2H3;1H/t15-,19?;;/m0../s1. The van der Waals surface area contributed by atoms with Gasteiger partial charge in [-0.1, -0.05) is 32.9 Å². The van der Waals surface area contributed by atoms with Crippen molar-refractivity contribution in [3.63, 3.8) is 0 Å². The molecule has 2 fully saturated rings. The molecule has 2 atom stereocenters. The third-order valence-electron chi connectivity index (χ3n) is 6.78. The van der Waals surface area contributed by atoms with Gasteiger partial charge in [0.1, 0.15) is 4.75 Å². The number of nitrogens with one attached hydrogen (secondary N) is 1. The largest absolute Gasteiger partial charge is 0.381 e. The molecule has 34 heavy (non-hydrogen) atoms. The summed E-state index contributed by atoms with van der Waals surface area (Å²) in [6.45, 7) is 14.2. The van der Waals surface area contributed by atoms with E-state index in [9.17, 15) is 13.2 Å². The van der Waals surface area contributed by atoms with Gasteiger partial charge in [0, 0.05) is 32.7 Å². The van der Waals surface area contributed by atoms with E-state index >= 15 is 0 Å². The highest BCUT2D eigenvalue weighted by Gasteiger charge is 2.47. The maximum Gasteiger partial charge on any atom is 0.247 e. The van der Waals surface area contributed by atoms with E-state index in [1.54, 1.807) is 6.07 Å². The summed E-state index contributed by atoms with van der Waals surface area (Å²) in [5.74, 6) is -0.543. The van der Waals surface area contributed by atoms with E-state index in [1.165, 1.54) is 13.8 Å². The molecule has 0 bridgehead atoms. The third kappa shape index (κ3) is 6.38. The predicted octanol–water partition coefficient (Wildman–Crippen LogP) is 4.47. The van der Waals surface area contributed by atoms with Gasteiger partial charge in [0.15, 0.2) is 16.1 Å². The second kappa shape index (κ2) is 12.0. The Morgan fingerprint density at radius 3 is 2.38 bits per heavy atom. The molecule has 1 aromatic heterocycles. The highest BCUT2D eigenvalue weighted by molar-refractivity contribution is 7.94.